The Morgan fingerprint density at radius 2 is 1.54 bits per heavy atom. The van der Waals surface area contributed by atoms with Crippen LogP contribution in [0.2, 0.25) is 10.0 Å². The molecule has 7 nitrogen and oxygen atoms in total. The fourth-order valence-electron chi connectivity index (χ4n) is 3.31. The summed E-state index contributed by atoms with van der Waals surface area (Å²) in [7, 11) is 1.60. The highest BCUT2D eigenvalue weighted by Crippen LogP contribution is 2.42. The molecule has 184 valence electrons. The third kappa shape index (κ3) is 6.59. The molecule has 0 aromatic heterocycles. The van der Waals surface area contributed by atoms with Crippen molar-refractivity contribution in [3.05, 3.63) is 70.7 Å². The first kappa shape index (κ1) is 26.2. The molecule has 0 unspecified atom stereocenters. The first-order chi connectivity index (χ1) is 16.9. The Morgan fingerprint density at radius 1 is 0.886 bits per heavy atom. The van der Waals surface area contributed by atoms with Crippen LogP contribution in [0.3, 0.4) is 0 Å². The number of methoxy groups -OCH3 is 1. The predicted octanol–water partition coefficient (Wildman–Crippen LogP) is 6.99. The maximum absolute atomic E-state index is 12.5. The van der Waals surface area contributed by atoms with Crippen LogP contribution in [0.4, 0.5) is 10.5 Å². The van der Waals surface area contributed by atoms with Crippen molar-refractivity contribution < 1.29 is 28.5 Å². The number of rotatable bonds is 9. The highest BCUT2D eigenvalue weighted by molar-refractivity contribution is 6.37. The standard InChI is InChI=1S/C26H25Cl2NO6/c1-4-33-24(30)16-29(26(31)34-5-2)18-13-21(27)25(22(28)14-18)35-19-11-12-23(32-3)20(15-19)17-9-7-6-8-10-17/h6-15H,4-5,16H2,1-3H3. The number of carbonyl (C=O) groups excluding carboxylic acids is 2. The van der Waals surface area contributed by atoms with Crippen molar-refractivity contribution in [2.45, 2.75) is 13.8 Å². The molecule has 9 heteroatoms. The van der Waals surface area contributed by atoms with Crippen LogP contribution in [0.5, 0.6) is 17.2 Å². The van der Waals surface area contributed by atoms with Crippen molar-refractivity contribution in [2.24, 2.45) is 0 Å². The van der Waals surface area contributed by atoms with Gasteiger partial charge in [-0.3, -0.25) is 9.69 Å². The summed E-state index contributed by atoms with van der Waals surface area (Å²) in [5.41, 5.74) is 2.04. The number of benzene rings is 3. The van der Waals surface area contributed by atoms with Crippen LogP contribution in [0.15, 0.2) is 60.7 Å². The molecule has 0 fully saturated rings. The average Bonchev–Trinajstić information content (AvgIpc) is 2.85. The second kappa shape index (κ2) is 12.3. The molecule has 0 spiro atoms. The van der Waals surface area contributed by atoms with Crippen LogP contribution >= 0.6 is 23.2 Å². The van der Waals surface area contributed by atoms with Crippen LogP contribution < -0.4 is 14.4 Å². The molecule has 0 N–H and O–H groups in total. The molecule has 3 aromatic rings. The molecular weight excluding hydrogens is 493 g/mol. The second-order valence-corrected chi connectivity index (χ2v) is 7.97. The molecule has 0 heterocycles. The fourth-order valence-corrected chi connectivity index (χ4v) is 3.86. The maximum Gasteiger partial charge on any atom is 0.414 e. The van der Waals surface area contributed by atoms with Crippen LogP contribution in [0.25, 0.3) is 11.1 Å². The van der Waals surface area contributed by atoms with Gasteiger partial charge in [0.05, 0.1) is 36.1 Å². The summed E-state index contributed by atoms with van der Waals surface area (Å²) >= 11 is 13.0. The highest BCUT2D eigenvalue weighted by atomic mass is 35.5. The Bertz CT molecular complexity index is 1160. The number of ether oxygens (including phenoxy) is 4. The Labute approximate surface area is 214 Å². The van der Waals surface area contributed by atoms with Gasteiger partial charge in [-0.1, -0.05) is 53.5 Å². The second-order valence-electron chi connectivity index (χ2n) is 7.16. The average molecular weight is 518 g/mol. The molecule has 0 aliphatic rings. The van der Waals surface area contributed by atoms with Crippen LogP contribution in [0, 0.1) is 0 Å². The third-order valence-corrected chi connectivity index (χ3v) is 5.41. The predicted molar refractivity (Wildman–Crippen MR) is 136 cm³/mol. The topological polar surface area (TPSA) is 74.3 Å². The van der Waals surface area contributed by atoms with E-state index in [4.69, 9.17) is 42.1 Å². The van der Waals surface area contributed by atoms with Gasteiger partial charge in [-0.05, 0) is 49.7 Å². The molecule has 0 saturated carbocycles. The smallest absolute Gasteiger partial charge is 0.414 e. The van der Waals surface area contributed by atoms with Crippen LogP contribution in [-0.4, -0.2) is 38.9 Å². The molecule has 35 heavy (non-hydrogen) atoms. The van der Waals surface area contributed by atoms with E-state index in [1.165, 1.54) is 12.1 Å². The summed E-state index contributed by atoms with van der Waals surface area (Å²) in [5, 5.41) is 0.283. The van der Waals surface area contributed by atoms with E-state index in [2.05, 4.69) is 0 Å². The van der Waals surface area contributed by atoms with E-state index >= 15 is 0 Å². The quantitative estimate of drug-likeness (QED) is 0.285. The number of halogens is 2. The molecule has 0 radical (unpaired) electrons. The SMILES string of the molecule is CCOC(=O)CN(C(=O)OCC)c1cc(Cl)c(Oc2ccc(OC)c(-c3ccccc3)c2)c(Cl)c1. The molecule has 0 aliphatic carbocycles. The number of nitrogens with zero attached hydrogens (tertiary/aromatic N) is 1. The summed E-state index contributed by atoms with van der Waals surface area (Å²) in [6, 6.07) is 18.0. The molecule has 3 aromatic carbocycles. The number of amides is 1. The summed E-state index contributed by atoms with van der Waals surface area (Å²) in [5.74, 6) is 0.760. The minimum Gasteiger partial charge on any atom is -0.496 e. The number of esters is 1. The molecule has 1 amide bonds. The Kier molecular flexibility index (Phi) is 9.23. The Morgan fingerprint density at radius 3 is 2.14 bits per heavy atom. The lowest BCUT2D eigenvalue weighted by atomic mass is 10.0. The number of anilines is 1. The van der Waals surface area contributed by atoms with E-state index in [0.717, 1.165) is 16.0 Å². The fraction of sp³-hybridized carbons (Fsp3) is 0.231. The van der Waals surface area contributed by atoms with Gasteiger partial charge in [0, 0.05) is 5.56 Å². The van der Waals surface area contributed by atoms with Gasteiger partial charge in [0.2, 0.25) is 0 Å². The first-order valence-electron chi connectivity index (χ1n) is 10.9. The van der Waals surface area contributed by atoms with Crippen molar-refractivity contribution in [2.75, 3.05) is 31.8 Å². The van der Waals surface area contributed by atoms with Crippen LogP contribution in [0.1, 0.15) is 13.8 Å². The lowest BCUT2D eigenvalue weighted by Crippen LogP contribution is -2.37. The molecule has 0 aliphatic heterocycles. The van der Waals surface area contributed by atoms with Gasteiger partial charge in [-0.2, -0.15) is 0 Å². The Balaban J connectivity index is 1.93. The summed E-state index contributed by atoms with van der Waals surface area (Å²) < 4.78 is 21.5. The number of hydrogen-bond donors (Lipinski definition) is 0. The highest BCUT2D eigenvalue weighted by Gasteiger charge is 2.24. The summed E-state index contributed by atoms with van der Waals surface area (Å²) in [6.45, 7) is 3.28. The van der Waals surface area contributed by atoms with Gasteiger partial charge in [-0.25, -0.2) is 4.79 Å². The van der Waals surface area contributed by atoms with Gasteiger partial charge in [0.15, 0.2) is 5.75 Å². The normalized spacial score (nSPS) is 10.4. The van der Waals surface area contributed by atoms with Crippen molar-refractivity contribution in [1.82, 2.24) is 0 Å². The van der Waals surface area contributed by atoms with Crippen molar-refractivity contribution in [1.29, 1.82) is 0 Å². The monoisotopic (exact) mass is 517 g/mol. The number of carbonyl (C=O) groups is 2. The lowest BCUT2D eigenvalue weighted by molar-refractivity contribution is -0.141. The van der Waals surface area contributed by atoms with Crippen molar-refractivity contribution in [3.63, 3.8) is 0 Å². The lowest BCUT2D eigenvalue weighted by Gasteiger charge is -2.22. The van der Waals surface area contributed by atoms with E-state index in [1.807, 2.05) is 36.4 Å². The maximum atomic E-state index is 12.5. The summed E-state index contributed by atoms with van der Waals surface area (Å²) in [4.78, 5) is 25.6. The number of hydrogen-bond acceptors (Lipinski definition) is 6. The molecule has 0 saturated heterocycles. The largest absolute Gasteiger partial charge is 0.496 e. The van der Waals surface area contributed by atoms with Crippen LogP contribution in [-0.2, 0) is 14.3 Å². The molecular formula is C26H25Cl2NO6. The van der Waals surface area contributed by atoms with E-state index in [0.29, 0.717) is 11.5 Å². The van der Waals surface area contributed by atoms with Gasteiger partial charge in [0.25, 0.3) is 0 Å². The van der Waals surface area contributed by atoms with Gasteiger partial charge >= 0.3 is 12.1 Å². The zero-order chi connectivity index (χ0) is 25.4. The molecule has 0 bridgehead atoms. The third-order valence-electron chi connectivity index (χ3n) is 4.85. The van der Waals surface area contributed by atoms with E-state index in [-0.39, 0.29) is 41.2 Å². The van der Waals surface area contributed by atoms with Crippen molar-refractivity contribution in [3.8, 4) is 28.4 Å². The molecule has 3 rings (SSSR count). The van der Waals surface area contributed by atoms with E-state index < -0.39 is 12.1 Å². The van der Waals surface area contributed by atoms with Gasteiger partial charge in [-0.15, -0.1) is 0 Å². The minimum absolute atomic E-state index is 0.127. The summed E-state index contributed by atoms with van der Waals surface area (Å²) in [6.07, 6.45) is -0.732. The Hall–Kier alpha value is -3.42. The molecule has 0 atom stereocenters. The minimum atomic E-state index is -0.732. The van der Waals surface area contributed by atoms with Crippen molar-refractivity contribution >= 4 is 41.0 Å². The van der Waals surface area contributed by atoms with Gasteiger partial charge < -0.3 is 18.9 Å². The first-order valence-corrected chi connectivity index (χ1v) is 11.6. The zero-order valence-corrected chi connectivity index (χ0v) is 21.1. The zero-order valence-electron chi connectivity index (χ0n) is 19.5. The van der Waals surface area contributed by atoms with E-state index in [1.54, 1.807) is 33.1 Å². The van der Waals surface area contributed by atoms with Gasteiger partial charge in [0.1, 0.15) is 18.0 Å². The van der Waals surface area contributed by atoms with E-state index in [9.17, 15) is 9.59 Å².